The molecule has 6 nitrogen and oxygen atoms in total. The van der Waals surface area contributed by atoms with Crippen molar-refractivity contribution in [2.45, 2.75) is 25.7 Å². The van der Waals surface area contributed by atoms with E-state index in [1.807, 2.05) is 0 Å². The second-order valence-electron chi connectivity index (χ2n) is 4.78. The second-order valence-corrected chi connectivity index (χ2v) is 4.78. The second kappa shape index (κ2) is 6.37. The van der Waals surface area contributed by atoms with Crippen LogP contribution >= 0.6 is 0 Å². The van der Waals surface area contributed by atoms with Crippen molar-refractivity contribution in [1.82, 2.24) is 9.80 Å². The minimum absolute atomic E-state index is 0.0106. The molecule has 1 aliphatic heterocycles. The van der Waals surface area contributed by atoms with Gasteiger partial charge in [0.2, 0.25) is 11.8 Å². The van der Waals surface area contributed by atoms with E-state index in [1.54, 1.807) is 23.9 Å². The van der Waals surface area contributed by atoms with Gasteiger partial charge in [0.1, 0.15) is 0 Å². The van der Waals surface area contributed by atoms with Crippen molar-refractivity contribution < 1.29 is 19.5 Å². The van der Waals surface area contributed by atoms with E-state index in [0.717, 1.165) is 0 Å². The van der Waals surface area contributed by atoms with Gasteiger partial charge in [-0.2, -0.15) is 0 Å². The van der Waals surface area contributed by atoms with Crippen LogP contribution in [0.1, 0.15) is 25.7 Å². The number of likely N-dealkylation sites (tertiary alicyclic amines) is 1. The Bertz CT molecular complexity index is 333. The first-order valence-corrected chi connectivity index (χ1v) is 6.12. The number of nitrogens with zero attached hydrogens (tertiary/aromatic N) is 2. The van der Waals surface area contributed by atoms with E-state index in [0.29, 0.717) is 25.9 Å². The number of carbonyl (C=O) groups excluding carboxylic acids is 2. The molecule has 0 spiro atoms. The molecule has 18 heavy (non-hydrogen) atoms. The van der Waals surface area contributed by atoms with Crippen LogP contribution in [-0.2, 0) is 14.4 Å². The van der Waals surface area contributed by atoms with Crippen molar-refractivity contribution in [3.63, 3.8) is 0 Å². The Morgan fingerprint density at radius 3 is 2.17 bits per heavy atom. The predicted molar refractivity (Wildman–Crippen MR) is 64.9 cm³/mol. The summed E-state index contributed by atoms with van der Waals surface area (Å²) in [6.07, 6.45) is 1.24. The molecule has 1 saturated heterocycles. The highest BCUT2D eigenvalue weighted by Gasteiger charge is 2.28. The monoisotopic (exact) mass is 256 g/mol. The third-order valence-electron chi connectivity index (χ3n) is 3.19. The Hall–Kier alpha value is -1.59. The molecule has 0 aromatic heterocycles. The molecule has 1 aliphatic rings. The van der Waals surface area contributed by atoms with Gasteiger partial charge in [0.15, 0.2) is 0 Å². The first-order chi connectivity index (χ1) is 8.41. The fraction of sp³-hybridized carbons (Fsp3) is 0.750. The van der Waals surface area contributed by atoms with Crippen LogP contribution in [0.15, 0.2) is 0 Å². The van der Waals surface area contributed by atoms with Crippen LogP contribution in [0.5, 0.6) is 0 Å². The van der Waals surface area contributed by atoms with E-state index in [4.69, 9.17) is 5.11 Å². The highest BCUT2D eigenvalue weighted by atomic mass is 16.4. The van der Waals surface area contributed by atoms with Crippen LogP contribution in [0.4, 0.5) is 0 Å². The fourth-order valence-corrected chi connectivity index (χ4v) is 2.11. The maximum absolute atomic E-state index is 11.7. The number of hydrogen-bond donors (Lipinski definition) is 1. The van der Waals surface area contributed by atoms with E-state index >= 15 is 0 Å². The maximum Gasteiger partial charge on any atom is 0.303 e. The van der Waals surface area contributed by atoms with Crippen molar-refractivity contribution >= 4 is 17.8 Å². The molecule has 2 amide bonds. The molecule has 0 bridgehead atoms. The first-order valence-electron chi connectivity index (χ1n) is 6.12. The summed E-state index contributed by atoms with van der Waals surface area (Å²) >= 11 is 0. The van der Waals surface area contributed by atoms with E-state index in [1.165, 1.54) is 0 Å². The largest absolute Gasteiger partial charge is 0.481 e. The molecule has 6 heteroatoms. The van der Waals surface area contributed by atoms with Gasteiger partial charge in [-0.15, -0.1) is 0 Å². The minimum Gasteiger partial charge on any atom is -0.481 e. The van der Waals surface area contributed by atoms with E-state index in [9.17, 15) is 14.4 Å². The SMILES string of the molecule is CN(C)C(=O)C1CCN(C(=O)CCC(=O)O)CC1. The van der Waals surface area contributed by atoms with Gasteiger partial charge in [0.25, 0.3) is 0 Å². The lowest BCUT2D eigenvalue weighted by Crippen LogP contribution is -2.42. The summed E-state index contributed by atoms with van der Waals surface area (Å²) in [7, 11) is 3.46. The van der Waals surface area contributed by atoms with Gasteiger partial charge in [-0.1, -0.05) is 0 Å². The molecule has 1 fully saturated rings. The van der Waals surface area contributed by atoms with Crippen LogP contribution in [0, 0.1) is 5.92 Å². The number of hydrogen-bond acceptors (Lipinski definition) is 3. The minimum atomic E-state index is -0.957. The van der Waals surface area contributed by atoms with E-state index in [-0.39, 0.29) is 30.6 Å². The lowest BCUT2D eigenvalue weighted by molar-refractivity contribution is -0.142. The summed E-state index contributed by atoms with van der Waals surface area (Å²) in [5.41, 5.74) is 0. The van der Waals surface area contributed by atoms with Crippen LogP contribution in [0.25, 0.3) is 0 Å². The number of carbonyl (C=O) groups is 3. The fourth-order valence-electron chi connectivity index (χ4n) is 2.11. The zero-order valence-electron chi connectivity index (χ0n) is 10.9. The van der Waals surface area contributed by atoms with Crippen molar-refractivity contribution in [2.24, 2.45) is 5.92 Å². The molecule has 0 aliphatic carbocycles. The van der Waals surface area contributed by atoms with Gasteiger partial charge in [0.05, 0.1) is 6.42 Å². The van der Waals surface area contributed by atoms with Crippen molar-refractivity contribution in [2.75, 3.05) is 27.2 Å². The average molecular weight is 256 g/mol. The number of piperidine rings is 1. The summed E-state index contributed by atoms with van der Waals surface area (Å²) in [6, 6.07) is 0. The standard InChI is InChI=1S/C12H20N2O4/c1-13(2)12(18)9-5-7-14(8-6-9)10(15)3-4-11(16)17/h9H,3-8H2,1-2H3,(H,16,17). The molecule has 1 heterocycles. The Morgan fingerprint density at radius 2 is 1.72 bits per heavy atom. The summed E-state index contributed by atoms with van der Waals surface area (Å²) < 4.78 is 0. The number of carboxylic acid groups (broad SMARTS) is 1. The third kappa shape index (κ3) is 4.01. The summed E-state index contributed by atoms with van der Waals surface area (Å²) in [6.45, 7) is 1.09. The number of carboxylic acids is 1. The third-order valence-corrected chi connectivity index (χ3v) is 3.19. The predicted octanol–water partition coefficient (Wildman–Crippen LogP) is 0.178. The zero-order valence-corrected chi connectivity index (χ0v) is 10.9. The Morgan fingerprint density at radius 1 is 1.17 bits per heavy atom. The van der Waals surface area contributed by atoms with Crippen molar-refractivity contribution in [3.05, 3.63) is 0 Å². The van der Waals surface area contributed by atoms with Crippen LogP contribution in [0.2, 0.25) is 0 Å². The van der Waals surface area contributed by atoms with Crippen molar-refractivity contribution in [1.29, 1.82) is 0 Å². The maximum atomic E-state index is 11.7. The normalized spacial score (nSPS) is 16.4. The lowest BCUT2D eigenvalue weighted by Gasteiger charge is -2.32. The van der Waals surface area contributed by atoms with Gasteiger partial charge in [-0.05, 0) is 12.8 Å². The molecule has 1 rings (SSSR count). The molecule has 0 atom stereocenters. The Kier molecular flexibility index (Phi) is 5.12. The van der Waals surface area contributed by atoms with E-state index in [2.05, 4.69) is 0 Å². The number of aliphatic carboxylic acids is 1. The highest BCUT2D eigenvalue weighted by Crippen LogP contribution is 2.19. The molecule has 0 radical (unpaired) electrons. The summed E-state index contributed by atoms with van der Waals surface area (Å²) in [5.74, 6) is -0.995. The Balaban J connectivity index is 2.37. The molecular weight excluding hydrogens is 236 g/mol. The van der Waals surface area contributed by atoms with Crippen LogP contribution in [0.3, 0.4) is 0 Å². The van der Waals surface area contributed by atoms with Gasteiger partial charge in [-0.3, -0.25) is 14.4 Å². The highest BCUT2D eigenvalue weighted by molar-refractivity contribution is 5.82. The summed E-state index contributed by atoms with van der Waals surface area (Å²) in [4.78, 5) is 37.0. The molecule has 1 N–H and O–H groups in total. The smallest absolute Gasteiger partial charge is 0.303 e. The summed E-state index contributed by atoms with van der Waals surface area (Å²) in [5, 5.41) is 8.52. The van der Waals surface area contributed by atoms with Crippen LogP contribution < -0.4 is 0 Å². The van der Waals surface area contributed by atoms with Crippen molar-refractivity contribution in [3.8, 4) is 0 Å². The zero-order chi connectivity index (χ0) is 13.7. The quantitative estimate of drug-likeness (QED) is 0.778. The molecule has 0 unspecified atom stereocenters. The average Bonchev–Trinajstić information content (AvgIpc) is 2.35. The molecular formula is C12H20N2O4. The number of amides is 2. The first kappa shape index (κ1) is 14.5. The van der Waals surface area contributed by atoms with Crippen LogP contribution in [-0.4, -0.2) is 59.9 Å². The molecule has 0 saturated carbocycles. The molecule has 0 aromatic rings. The van der Waals surface area contributed by atoms with Gasteiger partial charge in [-0.25, -0.2) is 0 Å². The van der Waals surface area contributed by atoms with E-state index < -0.39 is 5.97 Å². The molecule has 102 valence electrons. The van der Waals surface area contributed by atoms with Gasteiger partial charge < -0.3 is 14.9 Å². The number of rotatable bonds is 4. The Labute approximate surface area is 107 Å². The van der Waals surface area contributed by atoms with Gasteiger partial charge >= 0.3 is 5.97 Å². The molecule has 0 aromatic carbocycles. The lowest BCUT2D eigenvalue weighted by atomic mass is 9.95. The van der Waals surface area contributed by atoms with Gasteiger partial charge in [0, 0.05) is 39.5 Å². The topological polar surface area (TPSA) is 77.9 Å².